The number of ether oxygens (including phenoxy) is 2. The zero-order valence-electron chi connectivity index (χ0n) is 16.6. The molecule has 0 atom stereocenters. The number of rotatable bonds is 7. The van der Waals surface area contributed by atoms with Gasteiger partial charge in [-0.15, -0.1) is 0 Å². The van der Waals surface area contributed by atoms with Crippen LogP contribution >= 0.6 is 11.6 Å². The highest BCUT2D eigenvalue weighted by Gasteiger charge is 2.19. The van der Waals surface area contributed by atoms with Crippen molar-refractivity contribution in [2.24, 2.45) is 0 Å². The molecule has 0 unspecified atom stereocenters. The van der Waals surface area contributed by atoms with Crippen LogP contribution in [0.25, 0.3) is 5.82 Å². The summed E-state index contributed by atoms with van der Waals surface area (Å²) in [5, 5.41) is 4.57. The van der Waals surface area contributed by atoms with E-state index in [0.717, 1.165) is 11.3 Å². The number of hydrogen-bond acceptors (Lipinski definition) is 6. The number of carbonyl (C=O) groups is 2. The summed E-state index contributed by atoms with van der Waals surface area (Å²) in [6.45, 7) is 6.61. The standard InChI is InChI=1S/C21H21ClN2O5/c1-12-7-16(22)5-6-19(12)27-11-21(26)28-10-18(25)17-8-13(2)24(15(17)4)20-9-14(3)29-23-20/h5-9H,10-11H2,1-4H3. The molecule has 0 amide bonds. The van der Waals surface area contributed by atoms with Gasteiger partial charge in [-0.05, 0) is 57.5 Å². The van der Waals surface area contributed by atoms with Crippen molar-refractivity contribution in [3.63, 3.8) is 0 Å². The number of hydrogen-bond donors (Lipinski definition) is 0. The Bertz CT molecular complexity index is 1070. The lowest BCUT2D eigenvalue weighted by molar-refractivity contribution is -0.144. The van der Waals surface area contributed by atoms with E-state index in [1.54, 1.807) is 44.2 Å². The molecule has 0 saturated carbocycles. The van der Waals surface area contributed by atoms with Gasteiger partial charge < -0.3 is 14.0 Å². The fraction of sp³-hybridized carbons (Fsp3) is 0.286. The van der Waals surface area contributed by atoms with Gasteiger partial charge in [-0.25, -0.2) is 4.79 Å². The molecule has 0 N–H and O–H groups in total. The maximum atomic E-state index is 12.5. The molecule has 0 aliphatic rings. The minimum absolute atomic E-state index is 0.299. The lowest BCUT2D eigenvalue weighted by atomic mass is 10.1. The van der Waals surface area contributed by atoms with Crippen LogP contribution in [0.5, 0.6) is 5.75 Å². The minimum Gasteiger partial charge on any atom is -0.482 e. The third-order valence-corrected chi connectivity index (χ3v) is 4.66. The molecule has 0 bridgehead atoms. The average molecular weight is 417 g/mol. The summed E-state index contributed by atoms with van der Waals surface area (Å²) >= 11 is 5.89. The Morgan fingerprint density at radius 2 is 1.86 bits per heavy atom. The van der Waals surface area contributed by atoms with Crippen molar-refractivity contribution in [3.05, 3.63) is 63.6 Å². The molecule has 3 aromatic rings. The lowest BCUT2D eigenvalue weighted by Crippen LogP contribution is -2.20. The van der Waals surface area contributed by atoms with Gasteiger partial charge in [-0.2, -0.15) is 0 Å². The molecule has 7 nitrogen and oxygen atoms in total. The van der Waals surface area contributed by atoms with Gasteiger partial charge in [-0.3, -0.25) is 9.36 Å². The van der Waals surface area contributed by atoms with E-state index in [2.05, 4.69) is 5.16 Å². The number of ketones is 1. The second-order valence-electron chi connectivity index (χ2n) is 6.70. The van der Waals surface area contributed by atoms with Gasteiger partial charge >= 0.3 is 5.97 Å². The first-order valence-electron chi connectivity index (χ1n) is 8.96. The monoisotopic (exact) mass is 416 g/mol. The maximum absolute atomic E-state index is 12.5. The fourth-order valence-corrected chi connectivity index (χ4v) is 3.26. The van der Waals surface area contributed by atoms with E-state index in [9.17, 15) is 9.59 Å². The molecule has 0 saturated heterocycles. The predicted molar refractivity (Wildman–Crippen MR) is 107 cm³/mol. The van der Waals surface area contributed by atoms with Crippen molar-refractivity contribution in [2.45, 2.75) is 27.7 Å². The number of carbonyl (C=O) groups excluding carboxylic acids is 2. The van der Waals surface area contributed by atoms with Crippen LogP contribution < -0.4 is 4.74 Å². The molecule has 2 heterocycles. The highest BCUT2D eigenvalue weighted by molar-refractivity contribution is 6.30. The Morgan fingerprint density at radius 1 is 1.10 bits per heavy atom. The highest BCUT2D eigenvalue weighted by Crippen LogP contribution is 2.22. The van der Waals surface area contributed by atoms with E-state index >= 15 is 0 Å². The molecule has 8 heteroatoms. The smallest absolute Gasteiger partial charge is 0.344 e. The molecule has 2 aromatic heterocycles. The Hall–Kier alpha value is -3.06. The molecule has 3 rings (SSSR count). The molecule has 152 valence electrons. The van der Waals surface area contributed by atoms with Crippen molar-refractivity contribution in [3.8, 4) is 11.6 Å². The van der Waals surface area contributed by atoms with Gasteiger partial charge in [-0.1, -0.05) is 16.8 Å². The summed E-state index contributed by atoms with van der Waals surface area (Å²) in [4.78, 5) is 24.5. The number of nitrogens with zero attached hydrogens (tertiary/aromatic N) is 2. The maximum Gasteiger partial charge on any atom is 0.344 e. The number of benzene rings is 1. The number of aromatic nitrogens is 2. The quantitative estimate of drug-likeness (QED) is 0.425. The third-order valence-electron chi connectivity index (χ3n) is 4.42. The minimum atomic E-state index is -0.631. The number of halogens is 1. The highest BCUT2D eigenvalue weighted by atomic mass is 35.5. The fourth-order valence-electron chi connectivity index (χ4n) is 3.03. The van der Waals surface area contributed by atoms with Crippen molar-refractivity contribution in [1.29, 1.82) is 0 Å². The first kappa shape index (κ1) is 20.7. The predicted octanol–water partition coefficient (Wildman–Crippen LogP) is 4.16. The molecule has 0 aliphatic carbocycles. The topological polar surface area (TPSA) is 83.6 Å². The van der Waals surface area contributed by atoms with E-state index in [4.69, 9.17) is 25.6 Å². The van der Waals surface area contributed by atoms with Crippen molar-refractivity contribution in [2.75, 3.05) is 13.2 Å². The largest absolute Gasteiger partial charge is 0.482 e. The zero-order valence-corrected chi connectivity index (χ0v) is 17.4. The van der Waals surface area contributed by atoms with Crippen LogP contribution in [-0.2, 0) is 9.53 Å². The second-order valence-corrected chi connectivity index (χ2v) is 7.13. The van der Waals surface area contributed by atoms with Crippen LogP contribution in [0.1, 0.15) is 33.1 Å². The SMILES string of the molecule is Cc1cc(-n2c(C)cc(C(=O)COC(=O)COc3ccc(Cl)cc3C)c2C)no1. The van der Waals surface area contributed by atoms with Crippen molar-refractivity contribution in [1.82, 2.24) is 9.72 Å². The van der Waals surface area contributed by atoms with E-state index in [1.807, 2.05) is 18.4 Å². The second kappa shape index (κ2) is 8.53. The van der Waals surface area contributed by atoms with E-state index in [-0.39, 0.29) is 19.0 Å². The van der Waals surface area contributed by atoms with Gasteiger partial charge in [0, 0.05) is 28.0 Å². The van der Waals surface area contributed by atoms with Crippen LogP contribution in [0.15, 0.2) is 34.9 Å². The summed E-state index contributed by atoms with van der Waals surface area (Å²) in [5.74, 6) is 0.865. The van der Waals surface area contributed by atoms with Gasteiger partial charge in [0.05, 0.1) is 0 Å². The Labute approximate surface area is 173 Å². The summed E-state index contributed by atoms with van der Waals surface area (Å²) in [7, 11) is 0. The van der Waals surface area contributed by atoms with Crippen LogP contribution in [0.2, 0.25) is 5.02 Å². The molecule has 29 heavy (non-hydrogen) atoms. The van der Waals surface area contributed by atoms with Gasteiger partial charge in [0.1, 0.15) is 11.5 Å². The first-order valence-corrected chi connectivity index (χ1v) is 9.34. The Balaban J connectivity index is 1.60. The molecule has 0 fully saturated rings. The average Bonchev–Trinajstić information content (AvgIpc) is 3.21. The molecule has 0 aliphatic heterocycles. The van der Waals surface area contributed by atoms with Gasteiger partial charge in [0.15, 0.2) is 19.0 Å². The van der Waals surface area contributed by atoms with E-state index in [0.29, 0.717) is 33.6 Å². The molecule has 0 spiro atoms. The molecular weight excluding hydrogens is 396 g/mol. The van der Waals surface area contributed by atoms with Crippen LogP contribution in [-0.4, -0.2) is 34.7 Å². The summed E-state index contributed by atoms with van der Waals surface area (Å²) < 4.78 is 17.4. The molecule has 1 aromatic carbocycles. The van der Waals surface area contributed by atoms with Crippen LogP contribution in [0, 0.1) is 27.7 Å². The third kappa shape index (κ3) is 4.68. The van der Waals surface area contributed by atoms with Crippen molar-refractivity contribution < 1.29 is 23.6 Å². The summed E-state index contributed by atoms with van der Waals surface area (Å²) in [6.07, 6.45) is 0. The Morgan fingerprint density at radius 3 is 2.52 bits per heavy atom. The zero-order chi connectivity index (χ0) is 21.1. The van der Waals surface area contributed by atoms with Crippen molar-refractivity contribution >= 4 is 23.4 Å². The van der Waals surface area contributed by atoms with Gasteiger partial charge in [0.2, 0.25) is 5.78 Å². The normalized spacial score (nSPS) is 10.8. The van der Waals surface area contributed by atoms with Gasteiger partial charge in [0.25, 0.3) is 0 Å². The lowest BCUT2D eigenvalue weighted by Gasteiger charge is -2.09. The number of esters is 1. The Kier molecular flexibility index (Phi) is 6.08. The molecular formula is C21H21ClN2O5. The summed E-state index contributed by atoms with van der Waals surface area (Å²) in [5.41, 5.74) is 2.79. The first-order chi connectivity index (χ1) is 13.8. The number of aryl methyl sites for hydroxylation is 3. The van der Waals surface area contributed by atoms with E-state index < -0.39 is 5.97 Å². The van der Waals surface area contributed by atoms with Crippen LogP contribution in [0.3, 0.4) is 0 Å². The van der Waals surface area contributed by atoms with Crippen LogP contribution in [0.4, 0.5) is 0 Å². The summed E-state index contributed by atoms with van der Waals surface area (Å²) in [6, 6.07) is 8.60. The number of Topliss-reactive ketones (excluding diaryl/α,β-unsaturated/α-hetero) is 1. The van der Waals surface area contributed by atoms with E-state index in [1.165, 1.54) is 0 Å². The molecule has 0 radical (unpaired) electrons.